The third-order valence-electron chi connectivity index (χ3n) is 3.14. The zero-order chi connectivity index (χ0) is 13.7. The number of carboxylic acids is 1. The van der Waals surface area contributed by atoms with Gasteiger partial charge in [0.1, 0.15) is 6.04 Å². The molecule has 0 amide bonds. The molecule has 0 fully saturated rings. The smallest absolute Gasteiger partial charge is 0.321 e. The monoisotopic (exact) mass is 258 g/mol. The number of carboxylic acid groups (broad SMARTS) is 1. The summed E-state index contributed by atoms with van der Waals surface area (Å²) >= 11 is 0. The molecule has 0 aliphatic carbocycles. The minimum absolute atomic E-state index is 0.479. The van der Waals surface area contributed by atoms with Crippen LogP contribution in [0, 0.1) is 0 Å². The van der Waals surface area contributed by atoms with E-state index in [1.807, 2.05) is 42.6 Å². The van der Waals surface area contributed by atoms with Gasteiger partial charge in [-0.15, -0.1) is 0 Å². The van der Waals surface area contributed by atoms with Crippen LogP contribution in [0.3, 0.4) is 0 Å². The summed E-state index contributed by atoms with van der Waals surface area (Å²) in [5.74, 6) is -0.825. The Morgan fingerprint density at radius 3 is 2.95 bits per heavy atom. The van der Waals surface area contributed by atoms with Crippen LogP contribution < -0.4 is 10.2 Å². The minimum atomic E-state index is -0.825. The third-order valence-corrected chi connectivity index (χ3v) is 3.14. The fraction of sp³-hybridized carbons (Fsp3) is 0.267. The number of allylic oxidation sites excluding steroid dienone is 2. The van der Waals surface area contributed by atoms with E-state index in [1.165, 1.54) is 0 Å². The van der Waals surface area contributed by atoms with Gasteiger partial charge < -0.3 is 15.3 Å². The fourth-order valence-corrected chi connectivity index (χ4v) is 2.07. The molecule has 0 radical (unpaired) electrons. The lowest BCUT2D eigenvalue weighted by atomic mass is 10.0. The summed E-state index contributed by atoms with van der Waals surface area (Å²) in [4.78, 5) is 13.2. The lowest BCUT2D eigenvalue weighted by Gasteiger charge is -2.21. The van der Waals surface area contributed by atoms with Crippen LogP contribution in [-0.4, -0.2) is 30.7 Å². The maximum atomic E-state index is 11.0. The summed E-state index contributed by atoms with van der Waals surface area (Å²) in [6.45, 7) is 0.842. The normalized spacial score (nSPS) is 15.5. The molecule has 0 saturated carbocycles. The molecule has 19 heavy (non-hydrogen) atoms. The van der Waals surface area contributed by atoms with E-state index in [9.17, 15) is 4.79 Å². The van der Waals surface area contributed by atoms with Gasteiger partial charge in [-0.05, 0) is 37.2 Å². The topological polar surface area (TPSA) is 52.6 Å². The summed E-state index contributed by atoms with van der Waals surface area (Å²) in [6, 6.07) is 7.44. The summed E-state index contributed by atoms with van der Waals surface area (Å²) in [5.41, 5.74) is 2.10. The van der Waals surface area contributed by atoms with Gasteiger partial charge in [-0.1, -0.05) is 24.3 Å². The first kappa shape index (κ1) is 13.4. The highest BCUT2D eigenvalue weighted by Gasteiger charge is 2.15. The molecule has 1 aliphatic heterocycles. The van der Waals surface area contributed by atoms with Gasteiger partial charge in [0.05, 0.1) is 0 Å². The number of nitrogens with zero attached hydrogens (tertiary/aromatic N) is 1. The molecule has 4 heteroatoms. The summed E-state index contributed by atoms with van der Waals surface area (Å²) in [5, 5.41) is 11.9. The average molecular weight is 258 g/mol. The van der Waals surface area contributed by atoms with E-state index in [-0.39, 0.29) is 0 Å². The van der Waals surface area contributed by atoms with Gasteiger partial charge >= 0.3 is 5.97 Å². The second-order valence-corrected chi connectivity index (χ2v) is 4.48. The standard InChI is InChI=1S/C15H18N2O2/c1-16-14(15(18)19)11-12-6-5-7-13(10-12)17-8-3-2-4-9-17/h2-8,10,14,16H,9,11H2,1H3,(H,18,19)/t14-/m0/s1. The molecule has 100 valence electrons. The van der Waals surface area contributed by atoms with Crippen LogP contribution in [0.1, 0.15) is 5.56 Å². The molecule has 0 aromatic heterocycles. The molecular formula is C15H18N2O2. The minimum Gasteiger partial charge on any atom is -0.480 e. The molecule has 1 atom stereocenters. The molecule has 1 heterocycles. The molecule has 0 bridgehead atoms. The second kappa shape index (κ2) is 6.20. The summed E-state index contributed by atoms with van der Waals surface area (Å²) in [7, 11) is 1.67. The van der Waals surface area contributed by atoms with Gasteiger partial charge in [-0.3, -0.25) is 4.79 Å². The number of anilines is 1. The van der Waals surface area contributed by atoms with Crippen LogP contribution in [0.25, 0.3) is 0 Å². The van der Waals surface area contributed by atoms with E-state index in [4.69, 9.17) is 5.11 Å². The number of hydrogen-bond donors (Lipinski definition) is 2. The molecule has 2 rings (SSSR count). The molecule has 1 aromatic rings. The Hall–Kier alpha value is -2.07. The van der Waals surface area contributed by atoms with Gasteiger partial charge in [0.25, 0.3) is 0 Å². The van der Waals surface area contributed by atoms with Crippen LogP contribution in [0.2, 0.25) is 0 Å². The third kappa shape index (κ3) is 3.45. The quantitative estimate of drug-likeness (QED) is 0.845. The second-order valence-electron chi connectivity index (χ2n) is 4.48. The van der Waals surface area contributed by atoms with Crippen molar-refractivity contribution in [2.45, 2.75) is 12.5 Å². The Bertz CT molecular complexity index is 509. The molecule has 0 saturated heterocycles. The van der Waals surface area contributed by atoms with Crippen LogP contribution in [0.15, 0.2) is 48.7 Å². The molecule has 0 spiro atoms. The van der Waals surface area contributed by atoms with Gasteiger partial charge in [0.2, 0.25) is 0 Å². The van der Waals surface area contributed by atoms with Crippen molar-refractivity contribution >= 4 is 11.7 Å². The Labute approximate surface area is 113 Å². The number of carbonyl (C=O) groups is 1. The Morgan fingerprint density at radius 2 is 2.32 bits per heavy atom. The molecular weight excluding hydrogens is 240 g/mol. The van der Waals surface area contributed by atoms with Crippen molar-refractivity contribution in [1.29, 1.82) is 0 Å². The number of aliphatic carboxylic acids is 1. The molecule has 2 N–H and O–H groups in total. The molecule has 1 aliphatic rings. The van der Waals surface area contributed by atoms with Gasteiger partial charge in [0.15, 0.2) is 0 Å². The van der Waals surface area contributed by atoms with E-state index < -0.39 is 12.0 Å². The Balaban J connectivity index is 2.12. The maximum Gasteiger partial charge on any atom is 0.321 e. The van der Waals surface area contributed by atoms with Crippen LogP contribution in [0.4, 0.5) is 5.69 Å². The number of nitrogens with one attached hydrogen (secondary N) is 1. The molecule has 0 unspecified atom stereocenters. The zero-order valence-corrected chi connectivity index (χ0v) is 10.9. The van der Waals surface area contributed by atoms with Crippen LogP contribution in [-0.2, 0) is 11.2 Å². The first-order valence-electron chi connectivity index (χ1n) is 6.29. The number of likely N-dealkylation sites (N-methyl/N-ethyl adjacent to an activating group) is 1. The van der Waals surface area contributed by atoms with E-state index >= 15 is 0 Å². The van der Waals surface area contributed by atoms with Crippen LogP contribution in [0.5, 0.6) is 0 Å². The largest absolute Gasteiger partial charge is 0.480 e. The van der Waals surface area contributed by atoms with Gasteiger partial charge in [0, 0.05) is 18.4 Å². The van der Waals surface area contributed by atoms with E-state index in [0.717, 1.165) is 17.8 Å². The zero-order valence-electron chi connectivity index (χ0n) is 10.9. The van der Waals surface area contributed by atoms with Crippen molar-refractivity contribution in [2.75, 3.05) is 18.5 Å². The Kier molecular flexibility index (Phi) is 4.36. The lowest BCUT2D eigenvalue weighted by Crippen LogP contribution is -2.35. The van der Waals surface area contributed by atoms with Gasteiger partial charge in [-0.25, -0.2) is 0 Å². The summed E-state index contributed by atoms with van der Waals surface area (Å²) in [6.07, 6.45) is 8.59. The predicted molar refractivity (Wildman–Crippen MR) is 76.3 cm³/mol. The Morgan fingerprint density at radius 1 is 1.47 bits per heavy atom. The van der Waals surface area contributed by atoms with E-state index in [1.54, 1.807) is 7.05 Å². The highest BCUT2D eigenvalue weighted by Crippen LogP contribution is 2.19. The summed E-state index contributed by atoms with van der Waals surface area (Å²) < 4.78 is 0. The maximum absolute atomic E-state index is 11.0. The van der Waals surface area contributed by atoms with Crippen molar-refractivity contribution in [2.24, 2.45) is 0 Å². The first-order chi connectivity index (χ1) is 9.20. The number of hydrogen-bond acceptors (Lipinski definition) is 3. The SMILES string of the molecule is CN[C@@H](Cc1cccc(N2C=CC=CC2)c1)C(=O)O. The molecule has 4 nitrogen and oxygen atoms in total. The van der Waals surface area contributed by atoms with Crippen molar-refractivity contribution in [3.05, 3.63) is 54.3 Å². The highest BCUT2D eigenvalue weighted by molar-refractivity contribution is 5.74. The van der Waals surface area contributed by atoms with Crippen LogP contribution >= 0.6 is 0 Å². The van der Waals surface area contributed by atoms with Crippen molar-refractivity contribution in [3.63, 3.8) is 0 Å². The first-order valence-corrected chi connectivity index (χ1v) is 6.29. The molecule has 1 aromatic carbocycles. The number of rotatable bonds is 5. The van der Waals surface area contributed by atoms with Crippen molar-refractivity contribution in [1.82, 2.24) is 5.32 Å². The number of benzene rings is 1. The van der Waals surface area contributed by atoms with E-state index in [2.05, 4.69) is 16.3 Å². The predicted octanol–water partition coefficient (Wildman–Crippen LogP) is 1.79. The highest BCUT2D eigenvalue weighted by atomic mass is 16.4. The lowest BCUT2D eigenvalue weighted by molar-refractivity contribution is -0.139. The fourth-order valence-electron chi connectivity index (χ4n) is 2.07. The van der Waals surface area contributed by atoms with Crippen molar-refractivity contribution < 1.29 is 9.90 Å². The van der Waals surface area contributed by atoms with Gasteiger partial charge in [-0.2, -0.15) is 0 Å². The average Bonchev–Trinajstić information content (AvgIpc) is 2.45. The van der Waals surface area contributed by atoms with Crippen molar-refractivity contribution in [3.8, 4) is 0 Å². The van der Waals surface area contributed by atoms with E-state index in [0.29, 0.717) is 6.42 Å².